The van der Waals surface area contributed by atoms with E-state index in [0.29, 0.717) is 25.3 Å². The monoisotopic (exact) mass is 649 g/mol. The number of aliphatic hydroxyl groups is 2. The molecule has 1 aliphatic rings. The number of hydrogen-bond acceptors (Lipinski definition) is 6. The molecule has 47 heavy (non-hydrogen) atoms. The van der Waals surface area contributed by atoms with Crippen molar-refractivity contribution in [3.63, 3.8) is 0 Å². The van der Waals surface area contributed by atoms with Crippen molar-refractivity contribution in [2.24, 2.45) is 17.8 Å². The SMILES string of the molecule is C=C(C[C@H](O)[C@H](CC1CCCCC1)NC(=O)[C@@H](C)C[C@@H](O)[C@H](Cc1ccccc1)NC(=O)OCc1ccccc1)C(=O)NCC(C)C. The first-order valence-electron chi connectivity index (χ1n) is 17.1. The minimum absolute atomic E-state index is 0.0484. The van der Waals surface area contributed by atoms with Gasteiger partial charge in [0.05, 0.1) is 24.3 Å². The fraction of sp³-hybridized carbons (Fsp3) is 0.553. The molecule has 0 saturated heterocycles. The molecular weight excluding hydrogens is 594 g/mol. The molecule has 3 rings (SSSR count). The summed E-state index contributed by atoms with van der Waals surface area (Å²) in [5, 5.41) is 31.3. The fourth-order valence-electron chi connectivity index (χ4n) is 6.03. The number of benzene rings is 2. The minimum Gasteiger partial charge on any atom is -0.445 e. The van der Waals surface area contributed by atoms with Gasteiger partial charge in [-0.15, -0.1) is 0 Å². The Morgan fingerprint density at radius 3 is 2.09 bits per heavy atom. The average Bonchev–Trinajstić information content (AvgIpc) is 3.06. The molecule has 2 aromatic rings. The molecule has 9 heteroatoms. The highest BCUT2D eigenvalue weighted by Gasteiger charge is 2.31. The van der Waals surface area contributed by atoms with E-state index in [1.165, 1.54) is 6.42 Å². The number of carbonyl (C=O) groups excluding carboxylic acids is 3. The second-order valence-corrected chi connectivity index (χ2v) is 13.5. The number of aliphatic hydroxyl groups excluding tert-OH is 2. The quantitative estimate of drug-likeness (QED) is 0.136. The van der Waals surface area contributed by atoms with Gasteiger partial charge in [-0.3, -0.25) is 9.59 Å². The molecule has 0 radical (unpaired) electrons. The predicted molar refractivity (Wildman–Crippen MR) is 184 cm³/mol. The van der Waals surface area contributed by atoms with E-state index in [4.69, 9.17) is 4.74 Å². The van der Waals surface area contributed by atoms with Gasteiger partial charge in [0.2, 0.25) is 11.8 Å². The Morgan fingerprint density at radius 1 is 0.851 bits per heavy atom. The molecule has 5 atom stereocenters. The lowest BCUT2D eigenvalue weighted by Crippen LogP contribution is -2.49. The Kier molecular flexibility index (Phi) is 16.0. The summed E-state index contributed by atoms with van der Waals surface area (Å²) < 4.78 is 5.42. The summed E-state index contributed by atoms with van der Waals surface area (Å²) in [7, 11) is 0. The van der Waals surface area contributed by atoms with E-state index in [1.807, 2.05) is 74.5 Å². The maximum absolute atomic E-state index is 13.5. The second-order valence-electron chi connectivity index (χ2n) is 13.5. The van der Waals surface area contributed by atoms with Crippen LogP contribution in [-0.2, 0) is 27.4 Å². The van der Waals surface area contributed by atoms with Crippen LogP contribution in [0.5, 0.6) is 0 Å². The van der Waals surface area contributed by atoms with Crippen molar-refractivity contribution in [3.8, 4) is 0 Å². The molecule has 3 amide bonds. The fourth-order valence-corrected chi connectivity index (χ4v) is 6.03. The van der Waals surface area contributed by atoms with Crippen LogP contribution in [0.25, 0.3) is 0 Å². The minimum atomic E-state index is -1.05. The molecule has 0 aliphatic heterocycles. The Morgan fingerprint density at radius 2 is 1.47 bits per heavy atom. The molecule has 0 aromatic heterocycles. The van der Waals surface area contributed by atoms with Gasteiger partial charge in [-0.05, 0) is 42.2 Å². The Bertz CT molecular complexity index is 1250. The largest absolute Gasteiger partial charge is 0.445 e. The first-order valence-corrected chi connectivity index (χ1v) is 17.1. The van der Waals surface area contributed by atoms with Crippen molar-refractivity contribution in [3.05, 3.63) is 83.9 Å². The van der Waals surface area contributed by atoms with Gasteiger partial charge in [0.15, 0.2) is 0 Å². The molecule has 0 heterocycles. The Hall–Kier alpha value is -3.69. The van der Waals surface area contributed by atoms with Gasteiger partial charge in [-0.25, -0.2) is 4.79 Å². The van der Waals surface area contributed by atoms with Crippen molar-refractivity contribution in [1.82, 2.24) is 16.0 Å². The van der Waals surface area contributed by atoms with E-state index in [1.54, 1.807) is 6.92 Å². The highest BCUT2D eigenvalue weighted by Crippen LogP contribution is 2.29. The van der Waals surface area contributed by atoms with E-state index in [9.17, 15) is 24.6 Å². The Balaban J connectivity index is 1.64. The van der Waals surface area contributed by atoms with Gasteiger partial charge < -0.3 is 30.9 Å². The number of alkyl carbamates (subject to hydrolysis) is 1. The summed E-state index contributed by atoms with van der Waals surface area (Å²) in [5.74, 6) is -0.563. The van der Waals surface area contributed by atoms with Crippen LogP contribution in [-0.4, -0.2) is 59.0 Å². The normalized spacial score (nSPS) is 16.7. The van der Waals surface area contributed by atoms with Gasteiger partial charge in [0.25, 0.3) is 0 Å². The highest BCUT2D eigenvalue weighted by molar-refractivity contribution is 5.92. The van der Waals surface area contributed by atoms with Crippen LogP contribution >= 0.6 is 0 Å². The second kappa shape index (κ2) is 19.9. The van der Waals surface area contributed by atoms with Gasteiger partial charge in [0, 0.05) is 24.5 Å². The smallest absolute Gasteiger partial charge is 0.407 e. The third-order valence-electron chi connectivity index (χ3n) is 8.87. The predicted octanol–water partition coefficient (Wildman–Crippen LogP) is 5.45. The van der Waals surface area contributed by atoms with Crippen molar-refractivity contribution in [2.75, 3.05) is 6.54 Å². The third kappa shape index (κ3) is 13.9. The number of rotatable bonds is 18. The van der Waals surface area contributed by atoms with E-state index < -0.39 is 36.3 Å². The van der Waals surface area contributed by atoms with Crippen LogP contribution in [0.2, 0.25) is 0 Å². The molecule has 2 aromatic carbocycles. The van der Waals surface area contributed by atoms with Crippen LogP contribution < -0.4 is 16.0 Å². The van der Waals surface area contributed by atoms with Crippen LogP contribution in [0.1, 0.15) is 83.3 Å². The van der Waals surface area contributed by atoms with Gasteiger partial charge in [-0.1, -0.05) is 120 Å². The number of nitrogens with one attached hydrogen (secondary N) is 3. The topological polar surface area (TPSA) is 137 Å². The lowest BCUT2D eigenvalue weighted by molar-refractivity contribution is -0.127. The zero-order chi connectivity index (χ0) is 34.2. The zero-order valence-corrected chi connectivity index (χ0v) is 28.3. The van der Waals surface area contributed by atoms with E-state index in [0.717, 1.165) is 36.8 Å². The maximum Gasteiger partial charge on any atom is 0.407 e. The van der Waals surface area contributed by atoms with E-state index in [-0.39, 0.29) is 42.8 Å². The van der Waals surface area contributed by atoms with Gasteiger partial charge >= 0.3 is 6.09 Å². The molecule has 1 saturated carbocycles. The first kappa shape index (κ1) is 37.8. The molecule has 1 fully saturated rings. The zero-order valence-electron chi connectivity index (χ0n) is 28.3. The number of hydrogen-bond donors (Lipinski definition) is 5. The van der Waals surface area contributed by atoms with Crippen molar-refractivity contribution < 1.29 is 29.3 Å². The third-order valence-corrected chi connectivity index (χ3v) is 8.87. The van der Waals surface area contributed by atoms with Gasteiger partial charge in [0.1, 0.15) is 6.61 Å². The van der Waals surface area contributed by atoms with E-state index >= 15 is 0 Å². The highest BCUT2D eigenvalue weighted by atomic mass is 16.5. The number of carbonyl (C=O) groups is 3. The summed E-state index contributed by atoms with van der Waals surface area (Å²) in [6.07, 6.45) is 3.91. The number of amides is 3. The Labute approximate surface area is 280 Å². The van der Waals surface area contributed by atoms with Gasteiger partial charge in [-0.2, -0.15) is 0 Å². The molecule has 1 aliphatic carbocycles. The average molecular weight is 650 g/mol. The lowest BCUT2D eigenvalue weighted by Gasteiger charge is -2.32. The summed E-state index contributed by atoms with van der Waals surface area (Å²) >= 11 is 0. The summed E-state index contributed by atoms with van der Waals surface area (Å²) in [6.45, 7) is 10.2. The maximum atomic E-state index is 13.5. The van der Waals surface area contributed by atoms with E-state index in [2.05, 4.69) is 22.5 Å². The molecular formula is C38H55N3O6. The van der Waals surface area contributed by atoms with Crippen LogP contribution in [0, 0.1) is 17.8 Å². The molecule has 0 unspecified atom stereocenters. The van der Waals surface area contributed by atoms with Crippen LogP contribution in [0.15, 0.2) is 72.8 Å². The van der Waals surface area contributed by atoms with Crippen molar-refractivity contribution in [1.29, 1.82) is 0 Å². The van der Waals surface area contributed by atoms with Crippen LogP contribution in [0.4, 0.5) is 4.79 Å². The molecule has 9 nitrogen and oxygen atoms in total. The van der Waals surface area contributed by atoms with Crippen molar-refractivity contribution >= 4 is 17.9 Å². The molecule has 0 bridgehead atoms. The summed E-state index contributed by atoms with van der Waals surface area (Å²) in [5.41, 5.74) is 2.04. The first-order chi connectivity index (χ1) is 22.5. The molecule has 258 valence electrons. The summed E-state index contributed by atoms with van der Waals surface area (Å²) in [4.78, 5) is 38.9. The molecule has 5 N–H and O–H groups in total. The standard InChI is InChI=1S/C38H55N3O6/c1-26(2)24-39-36(44)27(3)20-34(42)32(22-29-14-8-5-9-15-29)40-37(45)28(4)21-35(43)33(23-30-16-10-6-11-17-30)41-38(46)47-25-31-18-12-7-13-19-31/h6-7,10-13,16-19,26,28-29,32-35,42-43H,3,5,8-9,14-15,20-25H2,1-2,4H3,(H,39,44)(H,40,45)(H,41,46)/t28-,32-,33-,34-,35+/m0/s1. The molecule has 0 spiro atoms. The van der Waals surface area contributed by atoms with Crippen molar-refractivity contribution in [2.45, 2.75) is 109 Å². The summed E-state index contributed by atoms with van der Waals surface area (Å²) in [6, 6.07) is 17.6. The van der Waals surface area contributed by atoms with Crippen LogP contribution in [0.3, 0.4) is 0 Å². The lowest BCUT2D eigenvalue weighted by atomic mass is 9.82. The number of ether oxygens (including phenoxy) is 1.